The molecule has 25 heavy (non-hydrogen) atoms. The number of anilines is 1. The zero-order chi connectivity index (χ0) is 18.1. The van der Waals surface area contributed by atoms with Crippen molar-refractivity contribution in [2.24, 2.45) is 0 Å². The van der Waals surface area contributed by atoms with Gasteiger partial charge in [-0.05, 0) is 77.4 Å². The third kappa shape index (κ3) is 3.51. The van der Waals surface area contributed by atoms with Crippen LogP contribution < -0.4 is 4.81 Å². The highest BCUT2D eigenvalue weighted by Gasteiger charge is 2.58. The third-order valence-electron chi connectivity index (χ3n) is 4.74. The first-order valence-electron chi connectivity index (χ1n) is 8.76. The number of hydrogen-bond donors (Lipinski definition) is 0. The molecular weight excluding hydrogens is 306 g/mol. The fourth-order valence-electron chi connectivity index (χ4n) is 3.60. The van der Waals surface area contributed by atoms with Crippen molar-refractivity contribution in [1.82, 2.24) is 9.62 Å². The van der Waals surface area contributed by atoms with E-state index in [9.17, 15) is 0 Å². The second-order valence-electron chi connectivity index (χ2n) is 7.36. The number of aryl methyl sites for hydroxylation is 2. The molecule has 2 aromatic carbocycles. The van der Waals surface area contributed by atoms with Gasteiger partial charge in [0.15, 0.2) is 0 Å². The Kier molecular flexibility index (Phi) is 5.02. The second-order valence-corrected chi connectivity index (χ2v) is 7.36. The normalized spacial score (nSPS) is 14.7. The summed E-state index contributed by atoms with van der Waals surface area (Å²) >= 11 is 0. The van der Waals surface area contributed by atoms with Gasteiger partial charge in [0, 0.05) is 0 Å². The van der Waals surface area contributed by atoms with Crippen molar-refractivity contribution >= 4 is 31.5 Å². The molecule has 1 heterocycles. The van der Waals surface area contributed by atoms with Gasteiger partial charge >= 0.3 is 13.7 Å². The summed E-state index contributed by atoms with van der Waals surface area (Å²) in [4.78, 5) is 6.96. The van der Waals surface area contributed by atoms with Gasteiger partial charge in [0.1, 0.15) is 11.4 Å². The summed E-state index contributed by atoms with van der Waals surface area (Å²) in [5.74, 6) is 0. The van der Waals surface area contributed by atoms with Crippen molar-refractivity contribution < 1.29 is 4.49 Å². The second kappa shape index (κ2) is 7.06. The largest absolute Gasteiger partial charge is 0.506 e. The first-order chi connectivity index (χ1) is 11.9. The molecule has 0 unspecified atom stereocenters. The monoisotopic (exact) mass is 333 g/mol. The molecule has 0 saturated carbocycles. The van der Waals surface area contributed by atoms with E-state index in [-0.39, 0.29) is 13.7 Å². The molecule has 4 nitrogen and oxygen atoms in total. The van der Waals surface area contributed by atoms with Crippen molar-refractivity contribution in [3.05, 3.63) is 59.7 Å². The molecule has 1 aliphatic heterocycles. The van der Waals surface area contributed by atoms with Gasteiger partial charge in [-0.25, -0.2) is 0 Å². The summed E-state index contributed by atoms with van der Waals surface area (Å²) in [6, 6.07) is 17.4. The SMILES string of the molecule is Cc1cccc(N2C=[N+](c3cccc(C)c3)B(N(C)C)B2N(C)C)c1. The smallest absolute Gasteiger partial charge is 0.308 e. The Balaban J connectivity index is 2.12. The van der Waals surface area contributed by atoms with Crippen LogP contribution in [0.2, 0.25) is 0 Å². The van der Waals surface area contributed by atoms with E-state index < -0.39 is 0 Å². The fourth-order valence-corrected chi connectivity index (χ4v) is 3.60. The first-order valence-corrected chi connectivity index (χ1v) is 8.76. The van der Waals surface area contributed by atoms with Gasteiger partial charge in [0.2, 0.25) is 6.34 Å². The summed E-state index contributed by atoms with van der Waals surface area (Å²) < 4.78 is 2.38. The molecule has 0 spiro atoms. The van der Waals surface area contributed by atoms with Crippen LogP contribution >= 0.6 is 0 Å². The lowest BCUT2D eigenvalue weighted by Crippen LogP contribution is -2.62. The van der Waals surface area contributed by atoms with E-state index in [1.54, 1.807) is 0 Å². The highest BCUT2D eigenvalue weighted by Crippen LogP contribution is 2.26. The van der Waals surface area contributed by atoms with E-state index in [0.717, 1.165) is 0 Å². The summed E-state index contributed by atoms with van der Waals surface area (Å²) in [6.07, 6.45) is 2.25. The quantitative estimate of drug-likeness (QED) is 0.799. The van der Waals surface area contributed by atoms with Crippen LogP contribution in [0.1, 0.15) is 11.1 Å². The van der Waals surface area contributed by atoms with E-state index in [0.29, 0.717) is 0 Å². The summed E-state index contributed by atoms with van der Waals surface area (Å²) in [5, 5.41) is 0. The Morgan fingerprint density at radius 2 is 1.48 bits per heavy atom. The number of benzene rings is 2. The van der Waals surface area contributed by atoms with Crippen LogP contribution in [0.5, 0.6) is 0 Å². The molecule has 1 aliphatic rings. The Hall–Kier alpha value is -2.04. The molecule has 2 aromatic rings. The molecule has 6 heteroatoms. The van der Waals surface area contributed by atoms with Crippen molar-refractivity contribution in [2.75, 3.05) is 33.0 Å². The molecule has 128 valence electrons. The molecular formula is C19H27B2N4+. The van der Waals surface area contributed by atoms with Crippen LogP contribution in [-0.4, -0.2) is 62.4 Å². The lowest BCUT2D eigenvalue weighted by atomic mass is 9.32. The van der Waals surface area contributed by atoms with Gasteiger partial charge in [0.05, 0.1) is 0 Å². The minimum atomic E-state index is 0.220. The van der Waals surface area contributed by atoms with Gasteiger partial charge in [0.25, 0.3) is 0 Å². The summed E-state index contributed by atoms with van der Waals surface area (Å²) in [7, 11) is 8.60. The minimum absolute atomic E-state index is 0.220. The van der Waals surface area contributed by atoms with Crippen molar-refractivity contribution in [3.8, 4) is 0 Å². The molecule has 0 aromatic heterocycles. The molecule has 0 bridgehead atoms. The topological polar surface area (TPSA) is 12.7 Å². The number of rotatable bonds is 4. The van der Waals surface area contributed by atoms with E-state index in [2.05, 4.69) is 116 Å². The van der Waals surface area contributed by atoms with E-state index in [1.807, 2.05) is 0 Å². The molecule has 0 radical (unpaired) electrons. The van der Waals surface area contributed by atoms with Crippen molar-refractivity contribution in [3.63, 3.8) is 0 Å². The fraction of sp³-hybridized carbons (Fsp3) is 0.316. The van der Waals surface area contributed by atoms with Crippen molar-refractivity contribution in [2.45, 2.75) is 13.8 Å². The molecule has 0 N–H and O–H groups in total. The van der Waals surface area contributed by atoms with Crippen LogP contribution in [-0.2, 0) is 0 Å². The lowest BCUT2D eigenvalue weighted by Gasteiger charge is -2.24. The lowest BCUT2D eigenvalue weighted by molar-refractivity contribution is -0.283. The maximum Gasteiger partial charge on any atom is 0.506 e. The molecule has 0 atom stereocenters. The predicted molar refractivity (Wildman–Crippen MR) is 110 cm³/mol. The van der Waals surface area contributed by atoms with E-state index in [4.69, 9.17) is 0 Å². The van der Waals surface area contributed by atoms with E-state index >= 15 is 0 Å². The highest BCUT2D eigenvalue weighted by atomic mass is 15.3. The molecule has 0 saturated heterocycles. The van der Waals surface area contributed by atoms with Gasteiger partial charge in [-0.2, -0.15) is 0 Å². The summed E-state index contributed by atoms with van der Waals surface area (Å²) in [6.45, 7) is 4.73. The van der Waals surface area contributed by atoms with Gasteiger partial charge < -0.3 is 9.62 Å². The third-order valence-corrected chi connectivity index (χ3v) is 4.74. The molecule has 0 amide bonds. The highest BCUT2D eigenvalue weighted by molar-refractivity contribution is 7.20. The summed E-state index contributed by atoms with van der Waals surface area (Å²) in [5.41, 5.74) is 5.00. The Labute approximate surface area is 152 Å². The van der Waals surface area contributed by atoms with Crippen LogP contribution in [0.15, 0.2) is 48.5 Å². The predicted octanol–water partition coefficient (Wildman–Crippen LogP) is 2.67. The van der Waals surface area contributed by atoms with Gasteiger partial charge in [-0.3, -0.25) is 9.30 Å². The van der Waals surface area contributed by atoms with Crippen LogP contribution in [0.4, 0.5) is 11.4 Å². The van der Waals surface area contributed by atoms with Crippen LogP contribution in [0, 0.1) is 13.8 Å². The minimum Gasteiger partial charge on any atom is -0.308 e. The van der Waals surface area contributed by atoms with E-state index in [1.165, 1.54) is 22.5 Å². The average molecular weight is 333 g/mol. The van der Waals surface area contributed by atoms with Crippen LogP contribution in [0.3, 0.4) is 0 Å². The number of hydrogen-bond acceptors (Lipinski definition) is 3. The Morgan fingerprint density at radius 3 is 2.04 bits per heavy atom. The molecule has 0 aliphatic carbocycles. The zero-order valence-electron chi connectivity index (χ0n) is 16.1. The van der Waals surface area contributed by atoms with Crippen molar-refractivity contribution in [1.29, 1.82) is 0 Å². The first kappa shape index (κ1) is 17.8. The Morgan fingerprint density at radius 1 is 0.840 bits per heavy atom. The number of nitrogens with zero attached hydrogens (tertiary/aromatic N) is 4. The molecule has 0 fully saturated rings. The average Bonchev–Trinajstić information content (AvgIpc) is 2.96. The molecule has 3 rings (SSSR count). The maximum atomic E-state index is 2.38. The standard InChI is InChI=1S/C19H27B2N4/c1-16-9-7-11-18(13-16)24-15-25(19-12-8-10-17(2)14-19)21(23(5)6)20(24)22(3)4/h7-15H,1-6H3/q+1. The van der Waals surface area contributed by atoms with Gasteiger partial charge in [-0.15, -0.1) is 0 Å². The maximum absolute atomic E-state index is 2.38. The Bertz CT molecular complexity index is 788. The zero-order valence-corrected chi connectivity index (χ0v) is 16.1. The van der Waals surface area contributed by atoms with Crippen LogP contribution in [0.25, 0.3) is 0 Å². The van der Waals surface area contributed by atoms with Gasteiger partial charge in [-0.1, -0.05) is 24.3 Å².